The van der Waals surface area contributed by atoms with E-state index in [1.165, 1.54) is 7.11 Å². The van der Waals surface area contributed by atoms with Crippen LogP contribution in [-0.4, -0.2) is 18.3 Å². The molecule has 0 aliphatic carbocycles. The fraction of sp³-hybridized carbons (Fsp3) is 0.417. The summed E-state index contributed by atoms with van der Waals surface area (Å²) in [6.07, 6.45) is 0.270. The highest BCUT2D eigenvalue weighted by Crippen LogP contribution is 2.29. The second kappa shape index (κ2) is 6.16. The molecular formula is C12H15ClO2S. The third-order valence-electron chi connectivity index (χ3n) is 1.95. The van der Waals surface area contributed by atoms with Crippen molar-refractivity contribution < 1.29 is 9.53 Å². The lowest BCUT2D eigenvalue weighted by Crippen LogP contribution is -2.06. The van der Waals surface area contributed by atoms with Gasteiger partial charge in [0.15, 0.2) is 0 Å². The Hall–Kier alpha value is -0.670. The summed E-state index contributed by atoms with van der Waals surface area (Å²) in [5, 5.41) is 1.12. The third kappa shape index (κ3) is 4.06. The number of benzene rings is 1. The van der Waals surface area contributed by atoms with E-state index in [-0.39, 0.29) is 12.4 Å². The van der Waals surface area contributed by atoms with Crippen LogP contribution >= 0.6 is 23.4 Å². The highest BCUT2D eigenvalue weighted by molar-refractivity contribution is 8.00. The summed E-state index contributed by atoms with van der Waals surface area (Å²) in [5.74, 6) is -0.243. The van der Waals surface area contributed by atoms with E-state index < -0.39 is 0 Å². The van der Waals surface area contributed by atoms with Crippen LogP contribution in [0.1, 0.15) is 19.4 Å². The number of hydrogen-bond donors (Lipinski definition) is 0. The first-order valence-corrected chi connectivity index (χ1v) is 6.30. The Bertz CT molecular complexity index is 377. The molecule has 16 heavy (non-hydrogen) atoms. The van der Waals surface area contributed by atoms with Crippen molar-refractivity contribution in [3.05, 3.63) is 28.8 Å². The number of hydrogen-bond acceptors (Lipinski definition) is 3. The molecule has 0 atom stereocenters. The van der Waals surface area contributed by atoms with Gasteiger partial charge >= 0.3 is 5.97 Å². The molecule has 0 saturated carbocycles. The van der Waals surface area contributed by atoms with E-state index >= 15 is 0 Å². The van der Waals surface area contributed by atoms with Gasteiger partial charge in [0.2, 0.25) is 0 Å². The molecular weight excluding hydrogens is 244 g/mol. The van der Waals surface area contributed by atoms with Crippen LogP contribution in [0.5, 0.6) is 0 Å². The van der Waals surface area contributed by atoms with Crippen LogP contribution in [0.25, 0.3) is 0 Å². The molecule has 1 aromatic carbocycles. The Morgan fingerprint density at radius 3 is 2.75 bits per heavy atom. The van der Waals surface area contributed by atoms with Gasteiger partial charge in [0.25, 0.3) is 0 Å². The van der Waals surface area contributed by atoms with Gasteiger partial charge in [0.1, 0.15) is 0 Å². The molecule has 2 nitrogen and oxygen atoms in total. The number of halogens is 1. The maximum Gasteiger partial charge on any atom is 0.310 e. The lowest BCUT2D eigenvalue weighted by atomic mass is 10.1. The zero-order chi connectivity index (χ0) is 12.1. The van der Waals surface area contributed by atoms with Gasteiger partial charge in [-0.1, -0.05) is 25.4 Å². The van der Waals surface area contributed by atoms with E-state index in [1.54, 1.807) is 11.8 Å². The van der Waals surface area contributed by atoms with Crippen LogP contribution < -0.4 is 0 Å². The molecule has 88 valence electrons. The van der Waals surface area contributed by atoms with E-state index in [9.17, 15) is 4.79 Å². The minimum absolute atomic E-state index is 0.243. The normalized spacial score (nSPS) is 10.6. The average molecular weight is 259 g/mol. The van der Waals surface area contributed by atoms with Gasteiger partial charge in [-0.15, -0.1) is 11.8 Å². The average Bonchev–Trinajstić information content (AvgIpc) is 2.21. The molecule has 0 aliphatic rings. The SMILES string of the molecule is COC(=O)Cc1cc(Cl)ccc1SC(C)C. The minimum Gasteiger partial charge on any atom is -0.469 e. The molecule has 1 rings (SSSR count). The third-order valence-corrected chi connectivity index (χ3v) is 3.31. The molecule has 0 saturated heterocycles. The Balaban J connectivity index is 2.93. The van der Waals surface area contributed by atoms with Gasteiger partial charge < -0.3 is 4.74 Å². The van der Waals surface area contributed by atoms with Crippen molar-refractivity contribution in [2.45, 2.75) is 30.4 Å². The Morgan fingerprint density at radius 1 is 1.50 bits per heavy atom. The fourth-order valence-electron chi connectivity index (χ4n) is 1.28. The Kier molecular flexibility index (Phi) is 5.16. The monoisotopic (exact) mass is 258 g/mol. The molecule has 0 N–H and O–H groups in total. The summed E-state index contributed by atoms with van der Waals surface area (Å²) in [6, 6.07) is 5.61. The smallest absolute Gasteiger partial charge is 0.310 e. The summed E-state index contributed by atoms with van der Waals surface area (Å²) in [6.45, 7) is 4.22. The molecule has 4 heteroatoms. The molecule has 0 heterocycles. The van der Waals surface area contributed by atoms with Crippen molar-refractivity contribution >= 4 is 29.3 Å². The Labute approximate surface area is 105 Å². The summed E-state index contributed by atoms with van der Waals surface area (Å²) >= 11 is 7.64. The van der Waals surface area contributed by atoms with E-state index in [4.69, 9.17) is 11.6 Å². The number of methoxy groups -OCH3 is 1. The minimum atomic E-state index is -0.243. The number of carbonyl (C=O) groups excluding carboxylic acids is 1. The van der Waals surface area contributed by atoms with Crippen molar-refractivity contribution in [2.75, 3.05) is 7.11 Å². The van der Waals surface area contributed by atoms with Crippen LogP contribution in [0, 0.1) is 0 Å². The van der Waals surface area contributed by atoms with Gasteiger partial charge in [0, 0.05) is 15.2 Å². The quantitative estimate of drug-likeness (QED) is 0.610. The lowest BCUT2D eigenvalue weighted by Gasteiger charge is -2.10. The van der Waals surface area contributed by atoms with E-state index in [0.29, 0.717) is 10.3 Å². The van der Waals surface area contributed by atoms with Gasteiger partial charge in [-0.2, -0.15) is 0 Å². The molecule has 0 unspecified atom stereocenters. The van der Waals surface area contributed by atoms with Crippen LogP contribution in [-0.2, 0) is 16.0 Å². The van der Waals surface area contributed by atoms with Gasteiger partial charge in [-0.05, 0) is 23.8 Å². The van der Waals surface area contributed by atoms with Crippen LogP contribution in [0.3, 0.4) is 0 Å². The second-order valence-corrected chi connectivity index (χ2v) is 5.73. The summed E-state index contributed by atoms with van der Waals surface area (Å²) in [5.41, 5.74) is 0.929. The molecule has 0 aliphatic heterocycles. The first-order chi connectivity index (χ1) is 7.52. The highest BCUT2D eigenvalue weighted by atomic mass is 35.5. The Morgan fingerprint density at radius 2 is 2.19 bits per heavy atom. The van der Waals surface area contributed by atoms with E-state index in [0.717, 1.165) is 10.5 Å². The van der Waals surface area contributed by atoms with E-state index in [1.807, 2.05) is 18.2 Å². The van der Waals surface area contributed by atoms with Crippen LogP contribution in [0.15, 0.2) is 23.1 Å². The molecule has 0 aromatic heterocycles. The summed E-state index contributed by atoms with van der Waals surface area (Å²) < 4.78 is 4.66. The molecule has 1 aromatic rings. The second-order valence-electron chi connectivity index (χ2n) is 3.67. The number of carbonyl (C=O) groups is 1. The zero-order valence-electron chi connectivity index (χ0n) is 9.62. The highest BCUT2D eigenvalue weighted by Gasteiger charge is 2.10. The molecule has 0 fully saturated rings. The number of esters is 1. The van der Waals surface area contributed by atoms with Crippen molar-refractivity contribution in [1.29, 1.82) is 0 Å². The standard InChI is InChI=1S/C12H15ClO2S/c1-8(2)16-11-5-4-10(13)6-9(11)7-12(14)15-3/h4-6,8H,7H2,1-3H3. The molecule has 0 radical (unpaired) electrons. The summed E-state index contributed by atoms with van der Waals surface area (Å²) in [4.78, 5) is 12.3. The fourth-order valence-corrected chi connectivity index (χ4v) is 2.41. The predicted molar refractivity (Wildman–Crippen MR) is 68.2 cm³/mol. The molecule has 0 bridgehead atoms. The van der Waals surface area contributed by atoms with Crippen molar-refractivity contribution in [2.24, 2.45) is 0 Å². The van der Waals surface area contributed by atoms with Gasteiger partial charge in [-0.3, -0.25) is 4.79 Å². The predicted octanol–water partition coefficient (Wildman–Crippen LogP) is 3.56. The van der Waals surface area contributed by atoms with Gasteiger partial charge in [-0.25, -0.2) is 0 Å². The summed E-state index contributed by atoms with van der Waals surface area (Å²) in [7, 11) is 1.39. The zero-order valence-corrected chi connectivity index (χ0v) is 11.2. The lowest BCUT2D eigenvalue weighted by molar-refractivity contribution is -0.139. The van der Waals surface area contributed by atoms with Crippen LogP contribution in [0.4, 0.5) is 0 Å². The molecule has 0 amide bonds. The first kappa shape index (κ1) is 13.4. The number of ether oxygens (including phenoxy) is 1. The van der Waals surface area contributed by atoms with Crippen LogP contribution in [0.2, 0.25) is 5.02 Å². The molecule has 0 spiro atoms. The van der Waals surface area contributed by atoms with Gasteiger partial charge in [0.05, 0.1) is 13.5 Å². The largest absolute Gasteiger partial charge is 0.469 e. The maximum absolute atomic E-state index is 11.3. The maximum atomic E-state index is 11.3. The van der Waals surface area contributed by atoms with Crippen molar-refractivity contribution in [3.63, 3.8) is 0 Å². The van der Waals surface area contributed by atoms with Crippen molar-refractivity contribution in [1.82, 2.24) is 0 Å². The number of rotatable bonds is 4. The van der Waals surface area contributed by atoms with E-state index in [2.05, 4.69) is 18.6 Å². The first-order valence-electron chi connectivity index (χ1n) is 5.05. The number of thioether (sulfide) groups is 1. The topological polar surface area (TPSA) is 26.3 Å². The van der Waals surface area contributed by atoms with Crippen molar-refractivity contribution in [3.8, 4) is 0 Å².